The predicted octanol–water partition coefficient (Wildman–Crippen LogP) is 3.26. The molecule has 0 amide bonds. The Morgan fingerprint density at radius 1 is 1.10 bits per heavy atom. The first-order valence-corrected chi connectivity index (χ1v) is 6.85. The largest absolute Gasteiger partial charge is 0.508 e. The van der Waals surface area contributed by atoms with Crippen molar-refractivity contribution in [1.82, 2.24) is 5.32 Å². The van der Waals surface area contributed by atoms with Gasteiger partial charge in [0.05, 0.1) is 0 Å². The normalized spacial score (nSPS) is 12.1. The molecular formula is C17H21NO2. The third-order valence-electron chi connectivity index (χ3n) is 3.15. The Balaban J connectivity index is 1.77. The highest BCUT2D eigenvalue weighted by molar-refractivity contribution is 5.31. The first kappa shape index (κ1) is 14.4. The molecule has 0 saturated heterocycles. The number of rotatable bonds is 6. The third kappa shape index (κ3) is 4.28. The molecule has 1 unspecified atom stereocenters. The van der Waals surface area contributed by atoms with Gasteiger partial charge in [-0.2, -0.15) is 0 Å². The average Bonchev–Trinajstić information content (AvgIpc) is 2.46. The van der Waals surface area contributed by atoms with Gasteiger partial charge in [0.25, 0.3) is 0 Å². The lowest BCUT2D eigenvalue weighted by molar-refractivity contribution is 0.272. The van der Waals surface area contributed by atoms with E-state index < -0.39 is 0 Å². The Morgan fingerprint density at radius 2 is 1.80 bits per heavy atom. The van der Waals surface area contributed by atoms with Crippen LogP contribution in [0.2, 0.25) is 0 Å². The number of hydrogen-bond acceptors (Lipinski definition) is 3. The molecule has 0 aliphatic carbocycles. The summed E-state index contributed by atoms with van der Waals surface area (Å²) in [6, 6.07) is 15.6. The van der Waals surface area contributed by atoms with E-state index in [4.69, 9.17) is 4.74 Å². The van der Waals surface area contributed by atoms with Crippen LogP contribution in [-0.4, -0.2) is 17.8 Å². The van der Waals surface area contributed by atoms with E-state index in [-0.39, 0.29) is 6.04 Å². The summed E-state index contributed by atoms with van der Waals surface area (Å²) in [5, 5.41) is 13.0. The monoisotopic (exact) mass is 271 g/mol. The van der Waals surface area contributed by atoms with Crippen LogP contribution in [-0.2, 0) is 6.54 Å². The molecule has 0 aromatic heterocycles. The molecule has 106 valence electrons. The second-order valence-corrected chi connectivity index (χ2v) is 5.03. The van der Waals surface area contributed by atoms with E-state index in [0.29, 0.717) is 18.9 Å². The van der Waals surface area contributed by atoms with E-state index in [9.17, 15) is 5.11 Å². The number of hydrogen-bond donors (Lipinski definition) is 2. The highest BCUT2D eigenvalue weighted by Gasteiger charge is 2.05. The molecule has 1 atom stereocenters. The Labute approximate surface area is 120 Å². The van der Waals surface area contributed by atoms with Gasteiger partial charge < -0.3 is 15.2 Å². The topological polar surface area (TPSA) is 41.5 Å². The maximum absolute atomic E-state index is 9.69. The van der Waals surface area contributed by atoms with E-state index >= 15 is 0 Å². The number of aryl methyl sites for hydroxylation is 1. The molecule has 0 fully saturated rings. The van der Waals surface area contributed by atoms with Gasteiger partial charge in [-0.25, -0.2) is 0 Å². The number of ether oxygens (including phenoxy) is 1. The van der Waals surface area contributed by atoms with E-state index in [1.165, 1.54) is 5.56 Å². The number of phenols is 1. The summed E-state index contributed by atoms with van der Waals surface area (Å²) in [7, 11) is 0. The van der Waals surface area contributed by atoms with Crippen LogP contribution >= 0.6 is 0 Å². The Morgan fingerprint density at radius 3 is 2.50 bits per heavy atom. The molecule has 20 heavy (non-hydrogen) atoms. The minimum absolute atomic E-state index is 0.205. The van der Waals surface area contributed by atoms with Crippen molar-refractivity contribution >= 4 is 0 Å². The van der Waals surface area contributed by atoms with Crippen molar-refractivity contribution in [3.05, 3.63) is 59.7 Å². The van der Waals surface area contributed by atoms with E-state index in [0.717, 1.165) is 11.3 Å². The van der Waals surface area contributed by atoms with Crippen LogP contribution in [0.3, 0.4) is 0 Å². The van der Waals surface area contributed by atoms with Crippen molar-refractivity contribution in [2.75, 3.05) is 6.61 Å². The van der Waals surface area contributed by atoms with E-state index in [1.807, 2.05) is 42.5 Å². The van der Waals surface area contributed by atoms with Crippen LogP contribution in [0.15, 0.2) is 48.5 Å². The molecule has 0 spiro atoms. The SMILES string of the molecule is Cc1ccc(OCC(C)NCc2ccccc2O)cc1. The number of aromatic hydroxyl groups is 1. The molecule has 2 rings (SSSR count). The zero-order chi connectivity index (χ0) is 14.4. The molecule has 2 N–H and O–H groups in total. The predicted molar refractivity (Wildman–Crippen MR) is 81.1 cm³/mol. The van der Waals surface area contributed by atoms with Gasteiger partial charge in [-0.05, 0) is 32.0 Å². The van der Waals surface area contributed by atoms with Crippen LogP contribution in [0.25, 0.3) is 0 Å². The van der Waals surface area contributed by atoms with Crippen LogP contribution in [0.1, 0.15) is 18.1 Å². The van der Waals surface area contributed by atoms with Gasteiger partial charge in [0.2, 0.25) is 0 Å². The van der Waals surface area contributed by atoms with Gasteiger partial charge in [-0.15, -0.1) is 0 Å². The average molecular weight is 271 g/mol. The van der Waals surface area contributed by atoms with Crippen molar-refractivity contribution in [2.24, 2.45) is 0 Å². The standard InChI is InChI=1S/C17H21NO2/c1-13-7-9-16(10-8-13)20-12-14(2)18-11-15-5-3-4-6-17(15)19/h3-10,14,18-19H,11-12H2,1-2H3. The van der Waals surface area contributed by atoms with Crippen molar-refractivity contribution in [3.63, 3.8) is 0 Å². The molecule has 3 nitrogen and oxygen atoms in total. The molecule has 0 aliphatic heterocycles. The summed E-state index contributed by atoms with van der Waals surface area (Å²) in [4.78, 5) is 0. The second-order valence-electron chi connectivity index (χ2n) is 5.03. The van der Waals surface area contributed by atoms with Crippen LogP contribution < -0.4 is 10.1 Å². The molecule has 2 aromatic carbocycles. The van der Waals surface area contributed by atoms with E-state index in [1.54, 1.807) is 6.07 Å². The highest BCUT2D eigenvalue weighted by atomic mass is 16.5. The minimum atomic E-state index is 0.205. The molecule has 0 saturated carbocycles. The Hall–Kier alpha value is -2.00. The third-order valence-corrected chi connectivity index (χ3v) is 3.15. The van der Waals surface area contributed by atoms with Crippen molar-refractivity contribution in [1.29, 1.82) is 0 Å². The number of para-hydroxylation sites is 1. The highest BCUT2D eigenvalue weighted by Crippen LogP contribution is 2.15. The molecule has 0 bridgehead atoms. The minimum Gasteiger partial charge on any atom is -0.508 e. The maximum Gasteiger partial charge on any atom is 0.120 e. The van der Waals surface area contributed by atoms with Crippen molar-refractivity contribution < 1.29 is 9.84 Å². The van der Waals surface area contributed by atoms with Gasteiger partial charge in [-0.1, -0.05) is 35.9 Å². The number of phenolic OH excluding ortho intramolecular Hbond substituents is 1. The van der Waals surface area contributed by atoms with Gasteiger partial charge in [0.15, 0.2) is 0 Å². The molecular weight excluding hydrogens is 250 g/mol. The fourth-order valence-corrected chi connectivity index (χ4v) is 1.86. The van der Waals surface area contributed by atoms with Gasteiger partial charge in [-0.3, -0.25) is 0 Å². The Bertz CT molecular complexity index is 537. The smallest absolute Gasteiger partial charge is 0.120 e. The first-order chi connectivity index (χ1) is 9.65. The summed E-state index contributed by atoms with van der Waals surface area (Å²) in [5.74, 6) is 1.21. The summed E-state index contributed by atoms with van der Waals surface area (Å²) < 4.78 is 5.72. The first-order valence-electron chi connectivity index (χ1n) is 6.85. The quantitative estimate of drug-likeness (QED) is 0.847. The molecule has 0 radical (unpaired) electrons. The van der Waals surface area contributed by atoms with Gasteiger partial charge in [0.1, 0.15) is 18.1 Å². The molecule has 2 aromatic rings. The van der Waals surface area contributed by atoms with E-state index in [2.05, 4.69) is 19.2 Å². The maximum atomic E-state index is 9.69. The Kier molecular flexibility index (Phi) is 5.02. The molecule has 0 aliphatic rings. The zero-order valence-corrected chi connectivity index (χ0v) is 12.0. The number of nitrogens with one attached hydrogen (secondary N) is 1. The van der Waals surface area contributed by atoms with Crippen molar-refractivity contribution in [2.45, 2.75) is 26.4 Å². The zero-order valence-electron chi connectivity index (χ0n) is 12.0. The fourth-order valence-electron chi connectivity index (χ4n) is 1.86. The van der Waals surface area contributed by atoms with Crippen molar-refractivity contribution in [3.8, 4) is 11.5 Å². The van der Waals surface area contributed by atoms with Crippen LogP contribution in [0, 0.1) is 6.92 Å². The fraction of sp³-hybridized carbons (Fsp3) is 0.294. The molecule has 0 heterocycles. The van der Waals surface area contributed by atoms with Gasteiger partial charge in [0, 0.05) is 18.2 Å². The second kappa shape index (κ2) is 6.96. The lowest BCUT2D eigenvalue weighted by atomic mass is 10.2. The molecule has 3 heteroatoms. The summed E-state index contributed by atoms with van der Waals surface area (Å²) in [6.07, 6.45) is 0. The van der Waals surface area contributed by atoms with Gasteiger partial charge >= 0.3 is 0 Å². The summed E-state index contributed by atoms with van der Waals surface area (Å²) >= 11 is 0. The van der Waals surface area contributed by atoms with Crippen LogP contribution in [0.4, 0.5) is 0 Å². The summed E-state index contributed by atoms with van der Waals surface area (Å²) in [6.45, 7) is 5.34. The lowest BCUT2D eigenvalue weighted by Crippen LogP contribution is -2.31. The summed E-state index contributed by atoms with van der Waals surface area (Å²) in [5.41, 5.74) is 2.12. The number of benzene rings is 2. The van der Waals surface area contributed by atoms with Crippen LogP contribution in [0.5, 0.6) is 11.5 Å². The lowest BCUT2D eigenvalue weighted by Gasteiger charge is -2.15.